The molecule has 14 heteroatoms. The molecule has 0 aromatic heterocycles. The number of rotatable bonds is 26. The van der Waals surface area contributed by atoms with Gasteiger partial charge in [-0.1, -0.05) is 164 Å². The molecule has 342 valence electrons. The maximum Gasteiger partial charge on any atom is 0.303 e. The van der Waals surface area contributed by atoms with Crippen LogP contribution in [0.1, 0.15) is 43.0 Å². The number of aliphatic hydroxyl groups is 1. The van der Waals surface area contributed by atoms with Crippen LogP contribution in [-0.4, -0.2) is 85.6 Å². The molecule has 1 fully saturated rings. The van der Waals surface area contributed by atoms with Gasteiger partial charge in [-0.3, -0.25) is 4.79 Å². The van der Waals surface area contributed by atoms with Crippen molar-refractivity contribution in [1.29, 1.82) is 0 Å². The van der Waals surface area contributed by atoms with Gasteiger partial charge in [-0.15, -0.1) is 0 Å². The van der Waals surface area contributed by atoms with E-state index in [0.717, 1.165) is 27.8 Å². The fourth-order valence-electron chi connectivity index (χ4n) is 7.53. The Hall–Kier alpha value is -5.77. The van der Waals surface area contributed by atoms with Crippen LogP contribution in [0, 0.1) is 5.92 Å². The number of nitrogens with zero attached hydrogens (tertiary/aromatic N) is 3. The Morgan fingerprint density at radius 2 is 1.17 bits per heavy atom. The average Bonchev–Trinajstić information content (AvgIpc) is 3.34. The largest absolute Gasteiger partial charge is 0.459 e. The van der Waals surface area contributed by atoms with Gasteiger partial charge >= 0.3 is 5.97 Å². The highest BCUT2D eigenvalue weighted by atomic mass is 16.7. The van der Waals surface area contributed by atoms with Crippen molar-refractivity contribution in [3.63, 3.8) is 0 Å². The zero-order valence-corrected chi connectivity index (χ0v) is 36.5. The van der Waals surface area contributed by atoms with E-state index in [1.807, 2.05) is 152 Å². The standard InChI is InChI=1S/C51H57N3O11/c1-36(28-55)46(63-37(2)57)50(62-34-42-26-16-7-17-27-42)48(43(29-56)59-31-39-20-10-4-11-21-39)65-51-45(53-54-52)49(61-33-41-24-14-6-15-25-41)47(60-32-40-22-12-5-13-23-40)44(64-51)35-58-30-38-18-8-3-9-19-38/h3-28,36,43-51,56H,29-35H2,1-2H3/t36?,43-,44-,45-,46?,47-,48-,49-,50+,51+/m1/s1/i28D. The van der Waals surface area contributed by atoms with Crippen LogP contribution in [0.5, 0.6) is 0 Å². The van der Waals surface area contributed by atoms with Gasteiger partial charge in [0.15, 0.2) is 6.29 Å². The minimum atomic E-state index is -1.48. The summed E-state index contributed by atoms with van der Waals surface area (Å²) < 4.78 is 60.5. The number of carbonyl (C=O) groups excluding carboxylic acids is 2. The van der Waals surface area contributed by atoms with Gasteiger partial charge in [0, 0.05) is 11.8 Å². The van der Waals surface area contributed by atoms with Gasteiger partial charge in [-0.05, 0) is 33.3 Å². The number of azide groups is 1. The molecule has 10 atom stereocenters. The molecule has 14 nitrogen and oxygen atoms in total. The van der Waals surface area contributed by atoms with E-state index in [0.29, 0.717) is 0 Å². The highest BCUT2D eigenvalue weighted by Crippen LogP contribution is 2.34. The number of aldehydes is 1. The van der Waals surface area contributed by atoms with Crippen LogP contribution in [-0.2, 0) is 80.5 Å². The molecule has 0 saturated carbocycles. The summed E-state index contributed by atoms with van der Waals surface area (Å²) in [5.74, 6) is -2.00. The predicted octanol–water partition coefficient (Wildman–Crippen LogP) is 8.09. The van der Waals surface area contributed by atoms with Crippen molar-refractivity contribution in [2.24, 2.45) is 11.0 Å². The van der Waals surface area contributed by atoms with Crippen LogP contribution in [0.25, 0.3) is 10.4 Å². The second-order valence-corrected chi connectivity index (χ2v) is 15.6. The van der Waals surface area contributed by atoms with E-state index < -0.39 is 79.8 Å². The molecule has 1 aliphatic rings. The fourth-order valence-corrected chi connectivity index (χ4v) is 7.53. The zero-order chi connectivity index (χ0) is 46.5. The number of benzene rings is 5. The van der Waals surface area contributed by atoms with Crippen molar-refractivity contribution in [3.8, 4) is 0 Å². The summed E-state index contributed by atoms with van der Waals surface area (Å²) in [5, 5.41) is 15.5. The highest BCUT2D eigenvalue weighted by molar-refractivity contribution is 5.67. The first-order valence-electron chi connectivity index (χ1n) is 22.1. The van der Waals surface area contributed by atoms with E-state index in [9.17, 15) is 20.2 Å². The number of aliphatic hydroxyl groups excluding tert-OH is 1. The van der Waals surface area contributed by atoms with E-state index in [4.69, 9.17) is 39.3 Å². The van der Waals surface area contributed by atoms with Crippen LogP contribution < -0.4 is 0 Å². The molecular weight excluding hydrogens is 831 g/mol. The Labute approximate surface area is 381 Å². The summed E-state index contributed by atoms with van der Waals surface area (Å²) in [6.45, 7) is 2.33. The first kappa shape index (κ1) is 47.2. The minimum Gasteiger partial charge on any atom is -0.459 e. The van der Waals surface area contributed by atoms with E-state index in [1.165, 1.54) is 13.8 Å². The van der Waals surface area contributed by atoms with E-state index in [2.05, 4.69) is 10.0 Å². The van der Waals surface area contributed by atoms with Gasteiger partial charge in [0.25, 0.3) is 0 Å². The molecule has 0 amide bonds. The zero-order valence-electron chi connectivity index (χ0n) is 37.5. The third-order valence-electron chi connectivity index (χ3n) is 10.8. The van der Waals surface area contributed by atoms with Gasteiger partial charge in [0.05, 0.1) is 52.2 Å². The van der Waals surface area contributed by atoms with Crippen molar-refractivity contribution < 1.29 is 54.0 Å². The maximum absolute atomic E-state index is 12.9. The summed E-state index contributed by atoms with van der Waals surface area (Å²) in [6, 6.07) is 45.8. The molecule has 1 heterocycles. The van der Waals surface area contributed by atoms with Gasteiger partial charge in [-0.25, -0.2) is 0 Å². The summed E-state index contributed by atoms with van der Waals surface area (Å²) in [4.78, 5) is 29.0. The Balaban J connectivity index is 1.45. The van der Waals surface area contributed by atoms with E-state index in [-0.39, 0.29) is 39.6 Å². The fraction of sp³-hybridized carbons (Fsp3) is 0.373. The summed E-state index contributed by atoms with van der Waals surface area (Å²) in [5.41, 5.74) is 14.3. The Morgan fingerprint density at radius 1 is 0.708 bits per heavy atom. The molecule has 5 aromatic carbocycles. The average molecular weight is 889 g/mol. The van der Waals surface area contributed by atoms with Gasteiger partial charge < -0.3 is 47.8 Å². The van der Waals surface area contributed by atoms with Crippen molar-refractivity contribution in [1.82, 2.24) is 0 Å². The molecule has 0 bridgehead atoms. The van der Waals surface area contributed by atoms with Crippen molar-refractivity contribution in [2.45, 2.75) is 102 Å². The number of ether oxygens (including phenoxy) is 8. The first-order valence-corrected chi connectivity index (χ1v) is 21.6. The second-order valence-electron chi connectivity index (χ2n) is 15.6. The number of carbonyl (C=O) groups is 2. The minimum absolute atomic E-state index is 0.00194. The number of hydrogen-bond donors (Lipinski definition) is 1. The van der Waals surface area contributed by atoms with Gasteiger partial charge in [0.2, 0.25) is 0 Å². The molecule has 2 unspecified atom stereocenters. The molecule has 0 aliphatic carbocycles. The lowest BCUT2D eigenvalue weighted by atomic mass is 9.93. The molecular formula is C51H57N3O11. The maximum atomic E-state index is 12.9. The highest BCUT2D eigenvalue weighted by Gasteiger charge is 2.51. The molecule has 6 rings (SSSR count). The van der Waals surface area contributed by atoms with Crippen LogP contribution >= 0.6 is 0 Å². The summed E-state index contributed by atoms with van der Waals surface area (Å²) >= 11 is 0. The van der Waals surface area contributed by atoms with Gasteiger partial charge in [0.1, 0.15) is 56.4 Å². The molecule has 1 aliphatic heterocycles. The lowest BCUT2D eigenvalue weighted by Crippen LogP contribution is -2.63. The molecule has 0 radical (unpaired) electrons. The molecule has 5 aromatic rings. The predicted molar refractivity (Wildman–Crippen MR) is 241 cm³/mol. The molecule has 0 spiro atoms. The molecule has 1 saturated heterocycles. The van der Waals surface area contributed by atoms with E-state index >= 15 is 0 Å². The smallest absolute Gasteiger partial charge is 0.303 e. The SMILES string of the molecule is [2H]C(=O)C(C)C(OC(C)=O)[C@H](OCc1ccccc1)[C@H](O[C@@H]1O[C@H](COCc2ccccc2)[C@@H](OCc2ccccc2)[C@H](OCc2ccccc2)[C@H]1N=[N+]=[N-])[C@@H](CO)OCc1ccccc1. The van der Waals surface area contributed by atoms with E-state index in [1.54, 1.807) is 0 Å². The van der Waals surface area contributed by atoms with Crippen LogP contribution in [0.3, 0.4) is 0 Å². The van der Waals surface area contributed by atoms with Crippen molar-refractivity contribution in [2.75, 3.05) is 13.2 Å². The normalized spacial score (nSPS) is 20.8. The topological polar surface area (TPSA) is 177 Å². The molecule has 1 N–H and O–H groups in total. The third kappa shape index (κ3) is 14.9. The van der Waals surface area contributed by atoms with Crippen LogP contribution in [0.2, 0.25) is 0 Å². The van der Waals surface area contributed by atoms with Crippen molar-refractivity contribution >= 4 is 12.2 Å². The Morgan fingerprint density at radius 3 is 1.63 bits per heavy atom. The monoisotopic (exact) mass is 888 g/mol. The molecule has 65 heavy (non-hydrogen) atoms. The summed E-state index contributed by atoms with van der Waals surface area (Å²) in [7, 11) is 0. The van der Waals surface area contributed by atoms with Gasteiger partial charge in [-0.2, -0.15) is 0 Å². The second kappa shape index (κ2) is 26.3. The van der Waals surface area contributed by atoms with Crippen LogP contribution in [0.15, 0.2) is 157 Å². The number of esters is 1. The van der Waals surface area contributed by atoms with Crippen molar-refractivity contribution in [3.05, 3.63) is 190 Å². The lowest BCUT2D eigenvalue weighted by Gasteiger charge is -2.47. The third-order valence-corrected chi connectivity index (χ3v) is 10.8. The lowest BCUT2D eigenvalue weighted by molar-refractivity contribution is -0.317. The quantitative estimate of drug-likeness (QED) is 0.0187. The first-order chi connectivity index (χ1) is 32.2. The Bertz CT molecular complexity index is 2230. The Kier molecular flexibility index (Phi) is 19.1. The summed E-state index contributed by atoms with van der Waals surface area (Å²) in [6.07, 6.45) is -10.9. The van der Waals surface area contributed by atoms with Crippen LogP contribution in [0.4, 0.5) is 0 Å². The number of hydrogen-bond acceptors (Lipinski definition) is 12.